The van der Waals surface area contributed by atoms with Crippen LogP contribution in [0.3, 0.4) is 0 Å². The molecule has 3 rings (SSSR count). The number of ether oxygens (including phenoxy) is 1. The lowest BCUT2D eigenvalue weighted by Crippen LogP contribution is -2.02. The number of aromatic nitrogens is 2. The van der Waals surface area contributed by atoms with Gasteiger partial charge >= 0.3 is 0 Å². The third-order valence-electron chi connectivity index (χ3n) is 3.79. The molecule has 5 nitrogen and oxygen atoms in total. The Balaban J connectivity index is 1.85. The van der Waals surface area contributed by atoms with Gasteiger partial charge in [0, 0.05) is 23.0 Å². The molecular weight excluding hydrogens is 336 g/mol. The number of rotatable bonds is 5. The van der Waals surface area contributed by atoms with Gasteiger partial charge in [0.05, 0.1) is 12.8 Å². The summed E-state index contributed by atoms with van der Waals surface area (Å²) in [4.78, 5) is 8.79. The third kappa shape index (κ3) is 4.00. The fraction of sp³-hybridized carbons (Fsp3) is 0.158. The molecule has 0 aliphatic rings. The van der Waals surface area contributed by atoms with E-state index >= 15 is 0 Å². The standard InChI is InChI=1S/C19H19ClN4O/c1-12-6-4-5-7-15(12)23-19-21-9-8-18(24-19)22-16-10-13(2)14(20)11-17(16)25-3/h4-11H,1-3H3,(H2,21,22,23,24). The van der Waals surface area contributed by atoms with Crippen molar-refractivity contribution in [1.82, 2.24) is 9.97 Å². The molecule has 1 aromatic heterocycles. The Bertz CT molecular complexity index is 898. The van der Waals surface area contributed by atoms with E-state index in [9.17, 15) is 0 Å². The Labute approximate surface area is 152 Å². The molecule has 0 fully saturated rings. The van der Waals surface area contributed by atoms with Crippen molar-refractivity contribution in [1.29, 1.82) is 0 Å². The van der Waals surface area contributed by atoms with Crippen molar-refractivity contribution in [3.63, 3.8) is 0 Å². The number of hydrogen-bond acceptors (Lipinski definition) is 5. The monoisotopic (exact) mass is 354 g/mol. The van der Waals surface area contributed by atoms with Crippen molar-refractivity contribution >= 4 is 34.7 Å². The molecule has 2 aromatic carbocycles. The van der Waals surface area contributed by atoms with Gasteiger partial charge in [0.25, 0.3) is 0 Å². The molecule has 0 saturated heterocycles. The van der Waals surface area contributed by atoms with Gasteiger partial charge in [-0.05, 0) is 43.2 Å². The molecule has 1 heterocycles. The summed E-state index contributed by atoms with van der Waals surface area (Å²) < 4.78 is 5.39. The summed E-state index contributed by atoms with van der Waals surface area (Å²) in [5.74, 6) is 1.83. The molecule has 6 heteroatoms. The average molecular weight is 355 g/mol. The van der Waals surface area contributed by atoms with Gasteiger partial charge in [-0.1, -0.05) is 29.8 Å². The third-order valence-corrected chi connectivity index (χ3v) is 4.20. The first-order valence-electron chi connectivity index (χ1n) is 7.83. The van der Waals surface area contributed by atoms with E-state index in [2.05, 4.69) is 20.6 Å². The van der Waals surface area contributed by atoms with Crippen LogP contribution >= 0.6 is 11.6 Å². The number of aryl methyl sites for hydroxylation is 2. The zero-order chi connectivity index (χ0) is 17.8. The van der Waals surface area contributed by atoms with Gasteiger partial charge in [0.1, 0.15) is 11.6 Å². The maximum atomic E-state index is 6.15. The minimum absolute atomic E-state index is 0.518. The molecular formula is C19H19ClN4O. The van der Waals surface area contributed by atoms with Gasteiger partial charge in [-0.2, -0.15) is 4.98 Å². The van der Waals surface area contributed by atoms with Gasteiger partial charge in [0.2, 0.25) is 5.95 Å². The number of halogens is 1. The fourth-order valence-electron chi connectivity index (χ4n) is 2.39. The molecule has 25 heavy (non-hydrogen) atoms. The first-order valence-corrected chi connectivity index (χ1v) is 8.21. The van der Waals surface area contributed by atoms with Crippen LogP contribution in [0.5, 0.6) is 5.75 Å². The minimum atomic E-state index is 0.518. The maximum absolute atomic E-state index is 6.15. The van der Waals surface area contributed by atoms with E-state index < -0.39 is 0 Å². The molecule has 0 unspecified atom stereocenters. The lowest BCUT2D eigenvalue weighted by molar-refractivity contribution is 0.416. The molecule has 0 atom stereocenters. The number of benzene rings is 2. The van der Waals surface area contributed by atoms with Crippen molar-refractivity contribution < 1.29 is 4.74 Å². The van der Waals surface area contributed by atoms with Crippen molar-refractivity contribution in [2.24, 2.45) is 0 Å². The number of nitrogens with one attached hydrogen (secondary N) is 2. The van der Waals surface area contributed by atoms with Crippen LogP contribution in [0.25, 0.3) is 0 Å². The quantitative estimate of drug-likeness (QED) is 0.656. The highest BCUT2D eigenvalue weighted by Gasteiger charge is 2.09. The van der Waals surface area contributed by atoms with Gasteiger partial charge < -0.3 is 15.4 Å². The van der Waals surface area contributed by atoms with E-state index in [-0.39, 0.29) is 0 Å². The van der Waals surface area contributed by atoms with Gasteiger partial charge in [-0.15, -0.1) is 0 Å². The van der Waals surface area contributed by atoms with Gasteiger partial charge in [-0.3, -0.25) is 0 Å². The van der Waals surface area contributed by atoms with Crippen LogP contribution in [0.4, 0.5) is 23.1 Å². The maximum Gasteiger partial charge on any atom is 0.229 e. The van der Waals surface area contributed by atoms with E-state index in [4.69, 9.17) is 16.3 Å². The van der Waals surface area contributed by atoms with E-state index in [0.29, 0.717) is 22.5 Å². The minimum Gasteiger partial charge on any atom is -0.495 e. The first kappa shape index (κ1) is 17.0. The predicted octanol–water partition coefficient (Wildman–Crippen LogP) is 5.24. The molecule has 0 spiro atoms. The fourth-order valence-corrected chi connectivity index (χ4v) is 2.54. The van der Waals surface area contributed by atoms with Crippen molar-refractivity contribution in [3.05, 3.63) is 64.8 Å². The van der Waals surface area contributed by atoms with Crippen molar-refractivity contribution in [2.75, 3.05) is 17.7 Å². The Kier molecular flexibility index (Phi) is 5.05. The van der Waals surface area contributed by atoms with E-state index in [1.807, 2.05) is 44.2 Å². The molecule has 3 aromatic rings. The summed E-state index contributed by atoms with van der Waals surface area (Å²) in [6.07, 6.45) is 1.70. The molecule has 0 aliphatic carbocycles. The second kappa shape index (κ2) is 7.40. The predicted molar refractivity (Wildman–Crippen MR) is 103 cm³/mol. The topological polar surface area (TPSA) is 59.1 Å². The number of hydrogen-bond donors (Lipinski definition) is 2. The first-order chi connectivity index (χ1) is 12.1. The summed E-state index contributed by atoms with van der Waals surface area (Å²) in [5.41, 5.74) is 3.85. The number of methoxy groups -OCH3 is 1. The number of nitrogens with zero attached hydrogens (tertiary/aromatic N) is 2. The highest BCUT2D eigenvalue weighted by molar-refractivity contribution is 6.31. The highest BCUT2D eigenvalue weighted by atomic mass is 35.5. The van der Waals surface area contributed by atoms with Crippen molar-refractivity contribution in [2.45, 2.75) is 13.8 Å². The summed E-state index contributed by atoms with van der Waals surface area (Å²) in [6.45, 7) is 3.98. The van der Waals surface area contributed by atoms with Crippen LogP contribution in [0.15, 0.2) is 48.7 Å². The zero-order valence-corrected chi connectivity index (χ0v) is 15.1. The van der Waals surface area contributed by atoms with Crippen LogP contribution < -0.4 is 15.4 Å². The largest absolute Gasteiger partial charge is 0.495 e. The molecule has 0 amide bonds. The molecule has 0 aliphatic heterocycles. The van der Waals surface area contributed by atoms with E-state index in [0.717, 1.165) is 22.5 Å². The molecule has 2 N–H and O–H groups in total. The molecule has 0 radical (unpaired) electrons. The second-order valence-corrected chi connectivity index (χ2v) is 6.04. The van der Waals surface area contributed by atoms with Crippen LogP contribution in [-0.2, 0) is 0 Å². The molecule has 128 valence electrons. The lowest BCUT2D eigenvalue weighted by Gasteiger charge is -2.13. The lowest BCUT2D eigenvalue weighted by atomic mass is 10.2. The highest BCUT2D eigenvalue weighted by Crippen LogP contribution is 2.32. The van der Waals surface area contributed by atoms with Gasteiger partial charge in [-0.25, -0.2) is 4.98 Å². The second-order valence-electron chi connectivity index (χ2n) is 5.63. The van der Waals surface area contributed by atoms with E-state index in [1.165, 1.54) is 0 Å². The Morgan fingerprint density at radius 3 is 2.52 bits per heavy atom. The number of para-hydroxylation sites is 1. The van der Waals surface area contributed by atoms with Gasteiger partial charge in [0.15, 0.2) is 0 Å². The van der Waals surface area contributed by atoms with Crippen LogP contribution in [0, 0.1) is 13.8 Å². The van der Waals surface area contributed by atoms with Crippen LogP contribution in [0.2, 0.25) is 5.02 Å². The summed E-state index contributed by atoms with van der Waals surface area (Å²) >= 11 is 6.15. The normalized spacial score (nSPS) is 10.4. The Morgan fingerprint density at radius 2 is 1.76 bits per heavy atom. The number of anilines is 4. The molecule has 0 bridgehead atoms. The Hall–Kier alpha value is -2.79. The van der Waals surface area contributed by atoms with Crippen LogP contribution in [0.1, 0.15) is 11.1 Å². The SMILES string of the molecule is COc1cc(Cl)c(C)cc1Nc1ccnc(Nc2ccccc2C)n1. The summed E-state index contributed by atoms with van der Waals surface area (Å²) in [6, 6.07) is 13.5. The Morgan fingerprint density at radius 1 is 0.960 bits per heavy atom. The van der Waals surface area contributed by atoms with E-state index in [1.54, 1.807) is 25.4 Å². The summed E-state index contributed by atoms with van der Waals surface area (Å²) in [5, 5.41) is 7.15. The summed E-state index contributed by atoms with van der Waals surface area (Å²) in [7, 11) is 1.61. The molecule has 0 saturated carbocycles. The van der Waals surface area contributed by atoms with Crippen molar-refractivity contribution in [3.8, 4) is 5.75 Å². The average Bonchev–Trinajstić information content (AvgIpc) is 2.60. The van der Waals surface area contributed by atoms with Crippen LogP contribution in [-0.4, -0.2) is 17.1 Å². The smallest absolute Gasteiger partial charge is 0.229 e. The zero-order valence-electron chi connectivity index (χ0n) is 14.3.